The quantitative estimate of drug-likeness (QED) is 0.391. The smallest absolute Gasteiger partial charge is 0.138 e. The largest absolute Gasteiger partial charge is 0.299 e. The zero-order valence-corrected chi connectivity index (χ0v) is 22.5. The first-order chi connectivity index (χ1) is 14.8. The Balaban J connectivity index is 1.63. The molecule has 0 aliphatic heterocycles. The number of hydrogen-bond donors (Lipinski definition) is 0. The second kappa shape index (κ2) is 7.84. The van der Waals surface area contributed by atoms with E-state index in [1.54, 1.807) is 5.57 Å². The van der Waals surface area contributed by atoms with Crippen LogP contribution in [0, 0.1) is 45.3 Å². The van der Waals surface area contributed by atoms with Crippen molar-refractivity contribution < 1.29 is 4.79 Å². The van der Waals surface area contributed by atoms with E-state index < -0.39 is 0 Å². The van der Waals surface area contributed by atoms with Crippen LogP contribution >= 0.6 is 0 Å². The molecular weight excluding hydrogens is 388 g/mol. The maximum atomic E-state index is 12.8. The summed E-state index contributed by atoms with van der Waals surface area (Å²) < 4.78 is 0. The highest BCUT2D eigenvalue weighted by molar-refractivity contribution is 5.85. The van der Waals surface area contributed by atoms with E-state index in [0.29, 0.717) is 28.4 Å². The van der Waals surface area contributed by atoms with Crippen molar-refractivity contribution in [3.63, 3.8) is 0 Å². The summed E-state index contributed by atoms with van der Waals surface area (Å²) in [6, 6.07) is 0. The number of hydrogen-bond acceptors (Lipinski definition) is 1. The van der Waals surface area contributed by atoms with Crippen molar-refractivity contribution in [3.8, 4) is 0 Å². The number of carbonyl (C=O) groups is 1. The molecule has 0 aromatic carbocycles. The van der Waals surface area contributed by atoms with E-state index in [1.165, 1.54) is 56.9 Å². The third kappa shape index (κ3) is 3.26. The molecule has 4 rings (SSSR count). The molecule has 0 spiro atoms. The van der Waals surface area contributed by atoms with Crippen molar-refractivity contribution in [2.75, 3.05) is 0 Å². The molecule has 2 saturated carbocycles. The van der Waals surface area contributed by atoms with E-state index in [1.807, 2.05) is 5.57 Å². The van der Waals surface area contributed by atoms with Crippen molar-refractivity contribution in [2.24, 2.45) is 45.3 Å². The van der Waals surface area contributed by atoms with Crippen LogP contribution in [0.3, 0.4) is 0 Å². The molecule has 180 valence electrons. The van der Waals surface area contributed by atoms with Gasteiger partial charge in [-0.15, -0.1) is 0 Å². The van der Waals surface area contributed by atoms with E-state index in [-0.39, 0.29) is 10.8 Å². The molecule has 32 heavy (non-hydrogen) atoms. The summed E-state index contributed by atoms with van der Waals surface area (Å²) >= 11 is 0. The predicted molar refractivity (Wildman–Crippen MR) is 136 cm³/mol. The summed E-state index contributed by atoms with van der Waals surface area (Å²) in [7, 11) is 0. The van der Waals surface area contributed by atoms with Gasteiger partial charge in [0.2, 0.25) is 0 Å². The van der Waals surface area contributed by atoms with Gasteiger partial charge in [0.1, 0.15) is 5.78 Å². The minimum absolute atomic E-state index is 0.154. The monoisotopic (exact) mass is 438 g/mol. The lowest BCUT2D eigenvalue weighted by Gasteiger charge is -2.61. The van der Waals surface area contributed by atoms with E-state index in [0.717, 1.165) is 24.7 Å². The molecule has 0 amide bonds. The molecule has 0 aromatic heterocycles. The molecule has 1 heteroatoms. The van der Waals surface area contributed by atoms with Gasteiger partial charge in [0.15, 0.2) is 0 Å². The van der Waals surface area contributed by atoms with Crippen molar-refractivity contribution in [3.05, 3.63) is 23.3 Å². The van der Waals surface area contributed by atoms with Gasteiger partial charge in [-0.1, -0.05) is 78.7 Å². The van der Waals surface area contributed by atoms with Gasteiger partial charge in [0.05, 0.1) is 0 Å². The van der Waals surface area contributed by atoms with Crippen LogP contribution in [0.25, 0.3) is 0 Å². The Bertz CT molecular complexity index is 827. The summed E-state index contributed by atoms with van der Waals surface area (Å²) in [5.74, 6) is 3.25. The fraction of sp³-hybridized carbons (Fsp3) is 0.839. The van der Waals surface area contributed by atoms with Crippen LogP contribution < -0.4 is 0 Å². The van der Waals surface area contributed by atoms with E-state index >= 15 is 0 Å². The highest BCUT2D eigenvalue weighted by atomic mass is 16.1. The molecule has 0 N–H and O–H groups in total. The standard InChI is InChI=1S/C31H50O/c1-20(2)21(3)10-11-22(4)23-14-18-31(9)25-12-13-26-28(5,6)27(32)16-17-29(26,7)24(25)15-19-30(23,31)8/h20,22-23,26H,3,10-19H2,1-2,4-9H3/t22-,23-,26-,29-,30-,31+/m1/s1. The average Bonchev–Trinajstić information content (AvgIpc) is 3.00. The molecule has 0 aromatic rings. The zero-order valence-electron chi connectivity index (χ0n) is 22.5. The third-order valence-corrected chi connectivity index (χ3v) is 12.0. The summed E-state index contributed by atoms with van der Waals surface area (Å²) in [6.45, 7) is 23.8. The van der Waals surface area contributed by atoms with E-state index in [4.69, 9.17) is 0 Å². The molecule has 0 saturated heterocycles. The van der Waals surface area contributed by atoms with Gasteiger partial charge in [-0.3, -0.25) is 4.79 Å². The Labute approximate surface area is 198 Å². The van der Waals surface area contributed by atoms with Gasteiger partial charge in [-0.2, -0.15) is 0 Å². The van der Waals surface area contributed by atoms with Crippen molar-refractivity contribution in [1.82, 2.24) is 0 Å². The Morgan fingerprint density at radius 3 is 2.28 bits per heavy atom. The summed E-state index contributed by atoms with van der Waals surface area (Å²) in [5.41, 5.74) is 5.94. The van der Waals surface area contributed by atoms with Gasteiger partial charge in [0, 0.05) is 11.8 Å². The first-order valence-electron chi connectivity index (χ1n) is 13.7. The number of Topliss-reactive ketones (excluding diaryl/α,β-unsaturated/α-hetero) is 1. The van der Waals surface area contributed by atoms with Crippen molar-refractivity contribution in [2.45, 2.75) is 120 Å². The molecule has 0 bridgehead atoms. The lowest BCUT2D eigenvalue weighted by Crippen LogP contribution is -2.53. The summed E-state index contributed by atoms with van der Waals surface area (Å²) in [5, 5.41) is 0. The van der Waals surface area contributed by atoms with Gasteiger partial charge in [0.25, 0.3) is 0 Å². The Morgan fingerprint density at radius 2 is 1.62 bits per heavy atom. The van der Waals surface area contributed by atoms with Gasteiger partial charge in [-0.25, -0.2) is 0 Å². The Hall–Kier alpha value is -0.850. The maximum absolute atomic E-state index is 12.8. The number of allylic oxidation sites excluding steroid dienone is 3. The second-order valence-corrected chi connectivity index (χ2v) is 13.8. The predicted octanol–water partition coefficient (Wildman–Crippen LogP) is 8.93. The highest BCUT2D eigenvalue weighted by Gasteiger charge is 2.63. The van der Waals surface area contributed by atoms with Crippen LogP contribution in [0.15, 0.2) is 23.3 Å². The minimum atomic E-state index is -0.154. The molecule has 0 unspecified atom stereocenters. The minimum Gasteiger partial charge on any atom is -0.299 e. The maximum Gasteiger partial charge on any atom is 0.138 e. The number of ketones is 1. The third-order valence-electron chi connectivity index (χ3n) is 12.0. The molecule has 6 atom stereocenters. The van der Waals surface area contributed by atoms with Crippen LogP contribution in [0.1, 0.15) is 120 Å². The van der Waals surface area contributed by atoms with Crippen molar-refractivity contribution in [1.29, 1.82) is 0 Å². The lowest BCUT2D eigenvalue weighted by molar-refractivity contribution is -0.139. The fourth-order valence-electron chi connectivity index (χ4n) is 9.35. The van der Waals surface area contributed by atoms with Crippen LogP contribution in [-0.2, 0) is 4.79 Å². The number of fused-ring (bicyclic) bond motifs is 4. The summed E-state index contributed by atoms with van der Waals surface area (Å²) in [4.78, 5) is 12.8. The van der Waals surface area contributed by atoms with E-state index in [2.05, 4.69) is 62.0 Å². The van der Waals surface area contributed by atoms with Crippen molar-refractivity contribution >= 4 is 5.78 Å². The fourth-order valence-corrected chi connectivity index (χ4v) is 9.35. The molecule has 4 aliphatic carbocycles. The van der Waals surface area contributed by atoms with Crippen LogP contribution in [0.4, 0.5) is 0 Å². The Kier molecular flexibility index (Phi) is 5.95. The number of carbonyl (C=O) groups excluding carboxylic acids is 1. The van der Waals surface area contributed by atoms with Gasteiger partial charge in [-0.05, 0) is 97.7 Å². The van der Waals surface area contributed by atoms with E-state index in [9.17, 15) is 4.79 Å². The SMILES string of the molecule is C=C(CC[C@@H](C)[C@H]1CC[C@@]2(C)C3=C(CC[C@]12C)[C@@]1(C)CCC(=O)C(C)(C)[C@H]1CC3)C(C)C. The molecular formula is C31H50O. The van der Waals surface area contributed by atoms with Crippen LogP contribution in [-0.4, -0.2) is 5.78 Å². The topological polar surface area (TPSA) is 17.1 Å². The lowest BCUT2D eigenvalue weighted by atomic mass is 9.43. The normalized spacial score (nSPS) is 41.8. The van der Waals surface area contributed by atoms with Gasteiger partial charge >= 0.3 is 0 Å². The Morgan fingerprint density at radius 1 is 0.938 bits per heavy atom. The molecule has 1 nitrogen and oxygen atoms in total. The van der Waals surface area contributed by atoms with Gasteiger partial charge < -0.3 is 0 Å². The first kappa shape index (κ1) is 24.3. The molecule has 4 aliphatic rings. The first-order valence-corrected chi connectivity index (χ1v) is 13.7. The van der Waals surface area contributed by atoms with Crippen LogP contribution in [0.2, 0.25) is 0 Å². The summed E-state index contributed by atoms with van der Waals surface area (Å²) in [6.07, 6.45) is 12.2. The zero-order chi connectivity index (χ0) is 23.7. The molecule has 0 heterocycles. The second-order valence-electron chi connectivity index (χ2n) is 13.8. The highest BCUT2D eigenvalue weighted by Crippen LogP contribution is 2.72. The number of rotatable bonds is 5. The average molecular weight is 439 g/mol. The molecule has 0 radical (unpaired) electrons. The molecule has 2 fully saturated rings. The van der Waals surface area contributed by atoms with Crippen LogP contribution in [0.5, 0.6) is 0 Å².